The molecule has 17 heavy (non-hydrogen) atoms. The number of hydrogen-bond acceptors (Lipinski definition) is 3. The minimum atomic E-state index is -0.501. The van der Waals surface area contributed by atoms with Crippen molar-refractivity contribution in [2.24, 2.45) is 5.10 Å². The van der Waals surface area contributed by atoms with Gasteiger partial charge in [0.1, 0.15) is 11.9 Å². The van der Waals surface area contributed by atoms with Crippen LogP contribution in [-0.2, 0) is 4.79 Å². The van der Waals surface area contributed by atoms with Gasteiger partial charge in [0.05, 0.1) is 6.21 Å². The van der Waals surface area contributed by atoms with E-state index in [-0.39, 0.29) is 11.6 Å². The van der Waals surface area contributed by atoms with Gasteiger partial charge in [-0.3, -0.25) is 10.2 Å². The number of nitrogens with zero attached hydrogens (tertiary/aromatic N) is 1. The van der Waals surface area contributed by atoms with Gasteiger partial charge >= 0.3 is 0 Å². The van der Waals surface area contributed by atoms with Crippen LogP contribution in [0.1, 0.15) is 25.5 Å². The number of ketones is 1. The molecule has 0 aromatic heterocycles. The minimum Gasteiger partial charge on any atom is -0.298 e. The van der Waals surface area contributed by atoms with Crippen LogP contribution in [0.2, 0.25) is 0 Å². The first-order valence-corrected chi connectivity index (χ1v) is 5.36. The molecule has 0 fully saturated rings. The molecule has 2 rings (SSSR count). The predicted octanol–water partition coefficient (Wildman–Crippen LogP) is 2.36. The quantitative estimate of drug-likeness (QED) is 0.755. The van der Waals surface area contributed by atoms with E-state index in [0.717, 1.165) is 5.57 Å². The number of benzene rings is 1. The summed E-state index contributed by atoms with van der Waals surface area (Å²) in [6.45, 7) is 3.67. The van der Waals surface area contributed by atoms with Crippen LogP contribution < -0.4 is 5.43 Å². The fraction of sp³-hybridized carbons (Fsp3) is 0.231. The van der Waals surface area contributed by atoms with Gasteiger partial charge in [0.25, 0.3) is 0 Å². The molecule has 1 unspecified atom stereocenters. The van der Waals surface area contributed by atoms with Crippen molar-refractivity contribution in [3.8, 4) is 0 Å². The van der Waals surface area contributed by atoms with Crippen molar-refractivity contribution >= 4 is 12.0 Å². The first kappa shape index (κ1) is 11.5. The number of carbonyl (C=O) groups is 1. The molecule has 0 spiro atoms. The summed E-state index contributed by atoms with van der Waals surface area (Å²) in [6, 6.07) is 5.89. The summed E-state index contributed by atoms with van der Waals surface area (Å²) in [6.07, 6.45) is 1.22. The third-order valence-electron chi connectivity index (χ3n) is 2.69. The van der Waals surface area contributed by atoms with E-state index in [1.807, 2.05) is 13.8 Å². The Hall–Kier alpha value is -1.97. The summed E-state index contributed by atoms with van der Waals surface area (Å²) in [5, 5.41) is 3.76. The number of halogens is 1. The van der Waals surface area contributed by atoms with Crippen LogP contribution in [0, 0.1) is 5.82 Å². The van der Waals surface area contributed by atoms with Crippen molar-refractivity contribution in [3.05, 3.63) is 46.8 Å². The molecule has 1 aromatic rings. The molecule has 0 amide bonds. The van der Waals surface area contributed by atoms with Gasteiger partial charge in [-0.1, -0.05) is 23.8 Å². The molecule has 4 heteroatoms. The van der Waals surface area contributed by atoms with Crippen molar-refractivity contribution in [2.45, 2.75) is 19.9 Å². The highest BCUT2D eigenvalue weighted by molar-refractivity contribution is 6.36. The van der Waals surface area contributed by atoms with E-state index in [2.05, 4.69) is 10.5 Å². The van der Waals surface area contributed by atoms with E-state index < -0.39 is 6.04 Å². The summed E-state index contributed by atoms with van der Waals surface area (Å²) in [5.41, 5.74) is 4.65. The van der Waals surface area contributed by atoms with Gasteiger partial charge in [0.2, 0.25) is 5.78 Å². The van der Waals surface area contributed by atoms with Crippen LogP contribution in [0.4, 0.5) is 4.39 Å². The molecule has 1 aliphatic heterocycles. The third-order valence-corrected chi connectivity index (χ3v) is 2.69. The standard InChI is InChI=1S/C13H13FN2O/c1-8(2)12-11(17)7-15-16-13(12)9-5-3-4-6-10(9)14/h3-7,13,16H,1-2H3. The Morgan fingerprint density at radius 1 is 1.35 bits per heavy atom. The van der Waals surface area contributed by atoms with E-state index >= 15 is 0 Å². The Labute approximate surface area is 99.0 Å². The molecule has 0 aliphatic carbocycles. The Kier molecular flexibility index (Phi) is 3.04. The number of hydrazone groups is 1. The average Bonchev–Trinajstić information content (AvgIpc) is 2.28. The van der Waals surface area contributed by atoms with Crippen molar-refractivity contribution in [3.63, 3.8) is 0 Å². The number of rotatable bonds is 1. The zero-order valence-corrected chi connectivity index (χ0v) is 9.70. The lowest BCUT2D eigenvalue weighted by Crippen LogP contribution is -2.30. The number of hydrogen-bond donors (Lipinski definition) is 1. The molecule has 0 bridgehead atoms. The average molecular weight is 232 g/mol. The Balaban J connectivity index is 2.52. The van der Waals surface area contributed by atoms with Crippen molar-refractivity contribution in [1.29, 1.82) is 0 Å². The molecule has 1 heterocycles. The van der Waals surface area contributed by atoms with Crippen LogP contribution in [-0.4, -0.2) is 12.0 Å². The lowest BCUT2D eigenvalue weighted by atomic mass is 9.92. The molecule has 0 saturated carbocycles. The van der Waals surface area contributed by atoms with E-state index in [9.17, 15) is 9.18 Å². The summed E-state index contributed by atoms with van der Waals surface area (Å²) in [4.78, 5) is 11.8. The number of allylic oxidation sites excluding steroid dienone is 1. The summed E-state index contributed by atoms with van der Waals surface area (Å²) < 4.78 is 13.7. The third kappa shape index (κ3) is 2.11. The zero-order valence-electron chi connectivity index (χ0n) is 9.70. The van der Waals surface area contributed by atoms with Gasteiger partial charge in [-0.2, -0.15) is 5.10 Å². The minimum absolute atomic E-state index is 0.169. The van der Waals surface area contributed by atoms with Gasteiger partial charge in [-0.25, -0.2) is 4.39 Å². The van der Waals surface area contributed by atoms with Gasteiger partial charge < -0.3 is 0 Å². The molecular formula is C13H13FN2O. The largest absolute Gasteiger partial charge is 0.298 e. The van der Waals surface area contributed by atoms with Crippen LogP contribution in [0.25, 0.3) is 0 Å². The monoisotopic (exact) mass is 232 g/mol. The van der Waals surface area contributed by atoms with Crippen LogP contribution >= 0.6 is 0 Å². The Bertz CT molecular complexity index is 516. The zero-order chi connectivity index (χ0) is 12.4. The highest BCUT2D eigenvalue weighted by atomic mass is 19.1. The second kappa shape index (κ2) is 4.49. The first-order chi connectivity index (χ1) is 8.11. The Morgan fingerprint density at radius 3 is 2.71 bits per heavy atom. The normalized spacial score (nSPS) is 19.1. The van der Waals surface area contributed by atoms with Crippen LogP contribution in [0.3, 0.4) is 0 Å². The van der Waals surface area contributed by atoms with Crippen LogP contribution in [0.15, 0.2) is 40.5 Å². The predicted molar refractivity (Wildman–Crippen MR) is 64.1 cm³/mol. The topological polar surface area (TPSA) is 41.5 Å². The van der Waals surface area contributed by atoms with E-state index in [0.29, 0.717) is 11.1 Å². The van der Waals surface area contributed by atoms with Gasteiger partial charge in [0.15, 0.2) is 0 Å². The maximum Gasteiger partial charge on any atom is 0.204 e. The molecular weight excluding hydrogens is 219 g/mol. The molecule has 1 N–H and O–H groups in total. The second-order valence-corrected chi connectivity index (χ2v) is 4.12. The lowest BCUT2D eigenvalue weighted by molar-refractivity contribution is -0.110. The number of carbonyl (C=O) groups excluding carboxylic acids is 1. The molecule has 1 atom stereocenters. The fourth-order valence-electron chi connectivity index (χ4n) is 1.92. The van der Waals surface area contributed by atoms with Crippen LogP contribution in [0.5, 0.6) is 0 Å². The van der Waals surface area contributed by atoms with E-state index in [1.165, 1.54) is 12.3 Å². The summed E-state index contributed by atoms with van der Waals surface area (Å²) >= 11 is 0. The summed E-state index contributed by atoms with van der Waals surface area (Å²) in [7, 11) is 0. The van der Waals surface area contributed by atoms with Crippen molar-refractivity contribution < 1.29 is 9.18 Å². The van der Waals surface area contributed by atoms with E-state index in [1.54, 1.807) is 18.2 Å². The molecule has 0 radical (unpaired) electrons. The molecule has 1 aliphatic rings. The smallest absolute Gasteiger partial charge is 0.204 e. The van der Waals surface area contributed by atoms with Gasteiger partial charge in [0, 0.05) is 11.1 Å². The summed E-state index contributed by atoms with van der Waals surface area (Å²) in [5.74, 6) is -0.509. The van der Waals surface area contributed by atoms with Gasteiger partial charge in [-0.15, -0.1) is 0 Å². The number of Topliss-reactive ketones (excluding diaryl/α,β-unsaturated/α-hetero) is 1. The molecule has 88 valence electrons. The maximum atomic E-state index is 13.7. The number of nitrogens with one attached hydrogen (secondary N) is 1. The molecule has 0 saturated heterocycles. The molecule has 1 aromatic carbocycles. The van der Waals surface area contributed by atoms with E-state index in [4.69, 9.17) is 0 Å². The lowest BCUT2D eigenvalue weighted by Gasteiger charge is -2.23. The van der Waals surface area contributed by atoms with Crippen molar-refractivity contribution in [1.82, 2.24) is 5.43 Å². The fourth-order valence-corrected chi connectivity index (χ4v) is 1.92. The second-order valence-electron chi connectivity index (χ2n) is 4.12. The SMILES string of the molecule is CC(C)=C1C(=O)C=NNC1c1ccccc1F. The molecule has 3 nitrogen and oxygen atoms in total. The highest BCUT2D eigenvalue weighted by Gasteiger charge is 2.27. The highest BCUT2D eigenvalue weighted by Crippen LogP contribution is 2.28. The van der Waals surface area contributed by atoms with Crippen molar-refractivity contribution in [2.75, 3.05) is 0 Å². The van der Waals surface area contributed by atoms with Gasteiger partial charge in [-0.05, 0) is 19.9 Å². The maximum absolute atomic E-state index is 13.7. The first-order valence-electron chi connectivity index (χ1n) is 5.36. The Morgan fingerprint density at radius 2 is 2.06 bits per heavy atom.